The number of hydrogen-bond donors (Lipinski definition) is 2. The minimum atomic E-state index is -0.457. The van der Waals surface area contributed by atoms with E-state index in [2.05, 4.69) is 27.3 Å². The Kier molecular flexibility index (Phi) is 5.05. The lowest BCUT2D eigenvalue weighted by molar-refractivity contribution is -0.123. The van der Waals surface area contributed by atoms with Gasteiger partial charge in [0.1, 0.15) is 5.75 Å². The fraction of sp³-hybridized carbons (Fsp3) is 0.533. The molecular weight excluding hydrogens is 320 g/mol. The molecular formula is C15H21BrN2O2. The zero-order valence-electron chi connectivity index (χ0n) is 11.9. The summed E-state index contributed by atoms with van der Waals surface area (Å²) in [6.45, 7) is 5.18. The number of halogens is 1. The van der Waals surface area contributed by atoms with E-state index in [1.165, 1.54) is 5.56 Å². The summed E-state index contributed by atoms with van der Waals surface area (Å²) in [6, 6.07) is 3.60. The Hall–Kier alpha value is -1.07. The Bertz CT molecular complexity index is 505. The van der Waals surface area contributed by atoms with Gasteiger partial charge in [0.15, 0.2) is 0 Å². The van der Waals surface area contributed by atoms with Gasteiger partial charge >= 0.3 is 0 Å². The Morgan fingerprint density at radius 3 is 3.00 bits per heavy atom. The highest BCUT2D eigenvalue weighted by Gasteiger charge is 2.21. The molecule has 0 spiro atoms. The molecule has 0 aromatic heterocycles. The van der Waals surface area contributed by atoms with Crippen molar-refractivity contribution in [3.05, 3.63) is 27.7 Å². The molecule has 0 radical (unpaired) electrons. The standard InChI is InChI=1S/C15H21BrN2O2/c1-3-9(2)13(17)15(19)18-8-11-7-12(16)6-10-4-5-20-14(10)11/h6-7,9,13H,3-5,8,17H2,1-2H3,(H,18,19). The molecule has 0 saturated carbocycles. The lowest BCUT2D eigenvalue weighted by Gasteiger charge is -2.18. The number of hydrogen-bond acceptors (Lipinski definition) is 3. The molecule has 1 amide bonds. The molecule has 1 aliphatic rings. The molecule has 1 heterocycles. The number of benzene rings is 1. The second-order valence-electron chi connectivity index (χ2n) is 5.28. The van der Waals surface area contributed by atoms with Crippen LogP contribution in [0.4, 0.5) is 0 Å². The fourth-order valence-electron chi connectivity index (χ4n) is 2.29. The first-order chi connectivity index (χ1) is 9.52. The molecule has 110 valence electrons. The Morgan fingerprint density at radius 2 is 2.30 bits per heavy atom. The fourth-order valence-corrected chi connectivity index (χ4v) is 2.84. The molecule has 1 aliphatic heterocycles. The lowest BCUT2D eigenvalue weighted by atomic mass is 9.99. The normalized spacial score (nSPS) is 16.2. The van der Waals surface area contributed by atoms with Crippen LogP contribution in [-0.4, -0.2) is 18.6 Å². The quantitative estimate of drug-likeness (QED) is 0.864. The van der Waals surface area contributed by atoms with Gasteiger partial charge in [0, 0.05) is 23.0 Å². The van der Waals surface area contributed by atoms with Crippen LogP contribution in [0, 0.1) is 5.92 Å². The molecule has 20 heavy (non-hydrogen) atoms. The number of ether oxygens (including phenoxy) is 1. The lowest BCUT2D eigenvalue weighted by Crippen LogP contribution is -2.44. The van der Waals surface area contributed by atoms with Crippen LogP contribution in [0.15, 0.2) is 16.6 Å². The van der Waals surface area contributed by atoms with Crippen molar-refractivity contribution in [2.45, 2.75) is 39.3 Å². The Balaban J connectivity index is 2.03. The third-order valence-electron chi connectivity index (χ3n) is 3.84. The van der Waals surface area contributed by atoms with Crippen molar-refractivity contribution < 1.29 is 9.53 Å². The van der Waals surface area contributed by atoms with Gasteiger partial charge in [0.05, 0.1) is 12.6 Å². The summed E-state index contributed by atoms with van der Waals surface area (Å²) in [7, 11) is 0. The molecule has 1 aromatic carbocycles. The third kappa shape index (κ3) is 3.33. The first-order valence-electron chi connectivity index (χ1n) is 7.00. The van der Waals surface area contributed by atoms with E-state index in [1.807, 2.05) is 19.9 Å². The van der Waals surface area contributed by atoms with Gasteiger partial charge in [0.2, 0.25) is 5.91 Å². The molecule has 0 bridgehead atoms. The number of nitrogens with one attached hydrogen (secondary N) is 1. The zero-order valence-corrected chi connectivity index (χ0v) is 13.5. The maximum atomic E-state index is 12.0. The highest BCUT2D eigenvalue weighted by Crippen LogP contribution is 2.32. The topological polar surface area (TPSA) is 64.4 Å². The first kappa shape index (κ1) is 15.3. The number of carbonyl (C=O) groups is 1. The van der Waals surface area contributed by atoms with Crippen molar-refractivity contribution >= 4 is 21.8 Å². The molecule has 2 atom stereocenters. The van der Waals surface area contributed by atoms with Gasteiger partial charge in [-0.05, 0) is 23.6 Å². The zero-order chi connectivity index (χ0) is 14.7. The van der Waals surface area contributed by atoms with Gasteiger partial charge in [-0.15, -0.1) is 0 Å². The maximum Gasteiger partial charge on any atom is 0.237 e. The van der Waals surface area contributed by atoms with Crippen LogP contribution in [0.3, 0.4) is 0 Å². The van der Waals surface area contributed by atoms with Crippen LogP contribution in [0.1, 0.15) is 31.4 Å². The van der Waals surface area contributed by atoms with Crippen LogP contribution in [0.2, 0.25) is 0 Å². The van der Waals surface area contributed by atoms with Crippen LogP contribution in [0.25, 0.3) is 0 Å². The van der Waals surface area contributed by atoms with Gasteiger partial charge in [-0.25, -0.2) is 0 Å². The smallest absolute Gasteiger partial charge is 0.237 e. The second kappa shape index (κ2) is 6.59. The van der Waals surface area contributed by atoms with E-state index >= 15 is 0 Å². The molecule has 0 saturated heterocycles. The first-order valence-corrected chi connectivity index (χ1v) is 7.79. The summed E-state index contributed by atoms with van der Waals surface area (Å²) in [5, 5.41) is 2.91. The second-order valence-corrected chi connectivity index (χ2v) is 6.20. The molecule has 4 nitrogen and oxygen atoms in total. The van der Waals surface area contributed by atoms with Gasteiger partial charge in [-0.1, -0.05) is 36.2 Å². The molecule has 1 aromatic rings. The van der Waals surface area contributed by atoms with Crippen LogP contribution >= 0.6 is 15.9 Å². The monoisotopic (exact) mass is 340 g/mol. The summed E-state index contributed by atoms with van der Waals surface area (Å²) in [5.41, 5.74) is 8.11. The number of carbonyl (C=O) groups excluding carboxylic acids is 1. The van der Waals surface area contributed by atoms with E-state index < -0.39 is 6.04 Å². The predicted octanol–water partition coefficient (Wildman–Crippen LogP) is 2.37. The predicted molar refractivity (Wildman–Crippen MR) is 82.6 cm³/mol. The minimum absolute atomic E-state index is 0.105. The SMILES string of the molecule is CCC(C)C(N)C(=O)NCc1cc(Br)cc2c1OCC2. The molecule has 3 N–H and O–H groups in total. The Morgan fingerprint density at radius 1 is 1.55 bits per heavy atom. The molecule has 5 heteroatoms. The van der Waals surface area contributed by atoms with Crippen LogP contribution in [-0.2, 0) is 17.8 Å². The van der Waals surface area contributed by atoms with Gasteiger partial charge < -0.3 is 15.8 Å². The van der Waals surface area contributed by atoms with E-state index in [0.717, 1.165) is 28.6 Å². The highest BCUT2D eigenvalue weighted by atomic mass is 79.9. The van der Waals surface area contributed by atoms with E-state index in [4.69, 9.17) is 10.5 Å². The van der Waals surface area contributed by atoms with E-state index in [0.29, 0.717) is 13.2 Å². The van der Waals surface area contributed by atoms with Crippen molar-refractivity contribution in [3.63, 3.8) is 0 Å². The summed E-state index contributed by atoms with van der Waals surface area (Å²) >= 11 is 3.49. The van der Waals surface area contributed by atoms with Crippen molar-refractivity contribution in [2.75, 3.05) is 6.61 Å². The number of amides is 1. The van der Waals surface area contributed by atoms with Crippen LogP contribution in [0.5, 0.6) is 5.75 Å². The number of rotatable bonds is 5. The third-order valence-corrected chi connectivity index (χ3v) is 4.30. The summed E-state index contributed by atoms with van der Waals surface area (Å²) in [4.78, 5) is 12.0. The van der Waals surface area contributed by atoms with E-state index in [9.17, 15) is 4.79 Å². The average molecular weight is 341 g/mol. The summed E-state index contributed by atoms with van der Waals surface area (Å²) in [5.74, 6) is 0.983. The van der Waals surface area contributed by atoms with Gasteiger partial charge in [-0.3, -0.25) is 4.79 Å². The molecule has 0 fully saturated rings. The largest absolute Gasteiger partial charge is 0.493 e. The van der Waals surface area contributed by atoms with Gasteiger partial charge in [-0.2, -0.15) is 0 Å². The molecule has 2 rings (SSSR count). The molecule has 0 aliphatic carbocycles. The number of nitrogens with two attached hydrogens (primary N) is 1. The Labute approximate surface area is 128 Å². The molecule has 2 unspecified atom stereocenters. The van der Waals surface area contributed by atoms with Crippen molar-refractivity contribution in [1.82, 2.24) is 5.32 Å². The van der Waals surface area contributed by atoms with Gasteiger partial charge in [0.25, 0.3) is 0 Å². The van der Waals surface area contributed by atoms with E-state index in [-0.39, 0.29) is 11.8 Å². The summed E-state index contributed by atoms with van der Waals surface area (Å²) < 4.78 is 6.65. The minimum Gasteiger partial charge on any atom is -0.493 e. The van der Waals surface area contributed by atoms with Crippen LogP contribution < -0.4 is 15.8 Å². The number of fused-ring (bicyclic) bond motifs is 1. The van der Waals surface area contributed by atoms with E-state index in [1.54, 1.807) is 0 Å². The maximum absolute atomic E-state index is 12.0. The highest BCUT2D eigenvalue weighted by molar-refractivity contribution is 9.10. The summed E-state index contributed by atoms with van der Waals surface area (Å²) in [6.07, 6.45) is 1.81. The van der Waals surface area contributed by atoms with Crippen molar-refractivity contribution in [2.24, 2.45) is 11.7 Å². The van der Waals surface area contributed by atoms with Crippen molar-refractivity contribution in [3.8, 4) is 5.75 Å². The van der Waals surface area contributed by atoms with Crippen molar-refractivity contribution in [1.29, 1.82) is 0 Å². The average Bonchev–Trinajstić information content (AvgIpc) is 2.90.